The first-order valence-electron chi connectivity index (χ1n) is 6.97. The van der Waals surface area contributed by atoms with E-state index in [4.69, 9.17) is 22.1 Å². The van der Waals surface area contributed by atoms with Crippen LogP contribution in [0.5, 0.6) is 5.88 Å². The van der Waals surface area contributed by atoms with Crippen molar-refractivity contribution in [3.63, 3.8) is 0 Å². The van der Waals surface area contributed by atoms with E-state index in [0.717, 1.165) is 24.9 Å². The number of amides is 1. The molecule has 0 fully saturated rings. The van der Waals surface area contributed by atoms with Gasteiger partial charge in [0.15, 0.2) is 11.0 Å². The maximum atomic E-state index is 13.0. The minimum Gasteiger partial charge on any atom is -0.407 e. The Morgan fingerprint density at radius 3 is 2.52 bits per heavy atom. The first-order chi connectivity index (χ1) is 12.5. The number of alkyl halides is 3. The number of nitrogens with two attached hydrogens (primary N) is 1. The van der Waals surface area contributed by atoms with Crippen molar-refractivity contribution in [3.8, 4) is 5.88 Å². The van der Waals surface area contributed by atoms with Crippen molar-refractivity contribution in [1.82, 2.24) is 15.0 Å². The predicted octanol–water partition coefficient (Wildman–Crippen LogP) is 3.03. The van der Waals surface area contributed by atoms with E-state index >= 15 is 0 Å². The SMILES string of the molecule is CSc1nc(Nc2cnc(Cl)c(C(F)(F)F)c2)c(C(N)=O)c(OC(C)=O)n1. The van der Waals surface area contributed by atoms with Gasteiger partial charge in [-0.3, -0.25) is 9.59 Å². The number of carbonyl (C=O) groups excluding carboxylic acids is 2. The second kappa shape index (κ2) is 7.96. The summed E-state index contributed by atoms with van der Waals surface area (Å²) in [5, 5.41) is 1.84. The number of ether oxygens (including phenoxy) is 1. The van der Waals surface area contributed by atoms with E-state index in [9.17, 15) is 22.8 Å². The molecular formula is C14H11ClF3N5O3S. The summed E-state index contributed by atoms with van der Waals surface area (Å²) < 4.78 is 43.8. The number of hydrogen-bond acceptors (Lipinski definition) is 8. The van der Waals surface area contributed by atoms with Crippen molar-refractivity contribution in [1.29, 1.82) is 0 Å². The van der Waals surface area contributed by atoms with Gasteiger partial charge in [0.05, 0.1) is 17.4 Å². The van der Waals surface area contributed by atoms with Gasteiger partial charge in [0.2, 0.25) is 5.88 Å². The van der Waals surface area contributed by atoms with Gasteiger partial charge in [-0.2, -0.15) is 18.2 Å². The lowest BCUT2D eigenvalue weighted by atomic mass is 10.2. The smallest absolute Gasteiger partial charge is 0.407 e. The second-order valence-corrected chi connectivity index (χ2v) is 6.01. The zero-order valence-electron chi connectivity index (χ0n) is 13.7. The number of anilines is 2. The summed E-state index contributed by atoms with van der Waals surface area (Å²) in [4.78, 5) is 34.4. The summed E-state index contributed by atoms with van der Waals surface area (Å²) in [5.41, 5.74) is 3.52. The van der Waals surface area contributed by atoms with Crippen molar-refractivity contribution in [3.05, 3.63) is 28.5 Å². The highest BCUT2D eigenvalue weighted by molar-refractivity contribution is 7.98. The molecule has 0 spiro atoms. The number of hydrogen-bond donors (Lipinski definition) is 2. The first-order valence-corrected chi connectivity index (χ1v) is 8.57. The number of nitrogens with zero attached hydrogens (tertiary/aromatic N) is 3. The number of primary amides is 1. The Bertz CT molecular complexity index is 910. The number of pyridine rings is 1. The molecule has 1 amide bonds. The number of thioether (sulfide) groups is 1. The molecule has 0 aliphatic rings. The third-order valence-electron chi connectivity index (χ3n) is 2.93. The van der Waals surface area contributed by atoms with E-state index in [-0.39, 0.29) is 16.7 Å². The molecule has 8 nitrogen and oxygen atoms in total. The fraction of sp³-hybridized carbons (Fsp3) is 0.214. The standard InChI is InChI=1S/C14H11ClF3N5O3S/c1-5(24)26-12-8(10(19)25)11(22-13(23-12)27-2)21-6-3-7(14(16,17)18)9(15)20-4-6/h3-4H,1-2H3,(H2,19,25)(H,21,22,23). The lowest BCUT2D eigenvalue weighted by molar-refractivity contribution is -0.137. The Kier molecular flexibility index (Phi) is 6.11. The molecule has 0 radical (unpaired) electrons. The average Bonchev–Trinajstić information content (AvgIpc) is 2.54. The molecule has 27 heavy (non-hydrogen) atoms. The summed E-state index contributed by atoms with van der Waals surface area (Å²) in [7, 11) is 0. The maximum Gasteiger partial charge on any atom is 0.419 e. The quantitative estimate of drug-likeness (QED) is 0.327. The molecule has 2 heterocycles. The second-order valence-electron chi connectivity index (χ2n) is 4.88. The molecule has 3 N–H and O–H groups in total. The first kappa shape index (κ1) is 20.7. The van der Waals surface area contributed by atoms with Crippen LogP contribution in [0, 0.1) is 0 Å². The Labute approximate surface area is 159 Å². The zero-order chi connectivity index (χ0) is 20.4. The van der Waals surface area contributed by atoms with Gasteiger partial charge in [-0.25, -0.2) is 9.97 Å². The van der Waals surface area contributed by atoms with Crippen LogP contribution in [0.2, 0.25) is 5.15 Å². The summed E-state index contributed by atoms with van der Waals surface area (Å²) in [5.74, 6) is -2.51. The van der Waals surface area contributed by atoms with Crippen LogP contribution >= 0.6 is 23.4 Å². The number of nitrogens with one attached hydrogen (secondary N) is 1. The zero-order valence-corrected chi connectivity index (χ0v) is 15.3. The van der Waals surface area contributed by atoms with Gasteiger partial charge in [0.25, 0.3) is 5.91 Å². The number of esters is 1. The van der Waals surface area contributed by atoms with Crippen molar-refractivity contribution < 1.29 is 27.5 Å². The minimum absolute atomic E-state index is 0.0803. The van der Waals surface area contributed by atoms with Crippen molar-refractivity contribution in [2.75, 3.05) is 11.6 Å². The van der Waals surface area contributed by atoms with Gasteiger partial charge in [0.1, 0.15) is 10.7 Å². The molecule has 0 aliphatic carbocycles. The summed E-state index contributed by atoms with van der Waals surface area (Å²) in [6, 6.07) is 0.687. The van der Waals surface area contributed by atoms with Gasteiger partial charge in [0, 0.05) is 6.92 Å². The van der Waals surface area contributed by atoms with E-state index in [0.29, 0.717) is 6.07 Å². The summed E-state index contributed by atoms with van der Waals surface area (Å²) in [6.07, 6.45) is -2.13. The molecule has 0 unspecified atom stereocenters. The third-order valence-corrected chi connectivity index (χ3v) is 3.78. The topological polar surface area (TPSA) is 120 Å². The van der Waals surface area contributed by atoms with E-state index in [1.54, 1.807) is 6.26 Å². The van der Waals surface area contributed by atoms with Crippen LogP contribution in [0.4, 0.5) is 24.7 Å². The Balaban J connectivity index is 2.58. The Morgan fingerprint density at radius 1 is 1.33 bits per heavy atom. The fourth-order valence-corrected chi connectivity index (χ4v) is 2.45. The highest BCUT2D eigenvalue weighted by atomic mass is 35.5. The fourth-order valence-electron chi connectivity index (χ4n) is 1.89. The molecule has 2 rings (SSSR count). The molecule has 0 atom stereocenters. The van der Waals surface area contributed by atoms with E-state index < -0.39 is 40.2 Å². The lowest BCUT2D eigenvalue weighted by Crippen LogP contribution is -2.19. The third kappa shape index (κ3) is 4.98. The molecule has 0 saturated heterocycles. The highest BCUT2D eigenvalue weighted by Crippen LogP contribution is 2.36. The maximum absolute atomic E-state index is 13.0. The molecule has 0 bridgehead atoms. The van der Waals surface area contributed by atoms with Gasteiger partial charge in [-0.1, -0.05) is 23.4 Å². The summed E-state index contributed by atoms with van der Waals surface area (Å²) in [6.45, 7) is 1.08. The normalized spacial score (nSPS) is 11.2. The van der Waals surface area contributed by atoms with Crippen LogP contribution in [-0.2, 0) is 11.0 Å². The molecule has 2 aromatic heterocycles. The molecule has 144 valence electrons. The molecule has 13 heteroatoms. The van der Waals surface area contributed by atoms with Crippen LogP contribution < -0.4 is 15.8 Å². The molecule has 2 aromatic rings. The lowest BCUT2D eigenvalue weighted by Gasteiger charge is -2.14. The van der Waals surface area contributed by atoms with Crippen molar-refractivity contribution >= 4 is 46.7 Å². The monoisotopic (exact) mass is 421 g/mol. The van der Waals surface area contributed by atoms with Crippen LogP contribution in [0.3, 0.4) is 0 Å². The molecule has 0 saturated carbocycles. The van der Waals surface area contributed by atoms with Crippen LogP contribution in [0.15, 0.2) is 17.4 Å². The molecule has 0 aliphatic heterocycles. The highest BCUT2D eigenvalue weighted by Gasteiger charge is 2.34. The number of halogens is 4. The van der Waals surface area contributed by atoms with Gasteiger partial charge in [-0.15, -0.1) is 0 Å². The minimum atomic E-state index is -4.74. The van der Waals surface area contributed by atoms with E-state index in [1.165, 1.54) is 0 Å². The van der Waals surface area contributed by atoms with E-state index in [2.05, 4.69) is 20.3 Å². The van der Waals surface area contributed by atoms with Crippen LogP contribution in [0.1, 0.15) is 22.8 Å². The molecular weight excluding hydrogens is 411 g/mol. The van der Waals surface area contributed by atoms with E-state index in [1.807, 2.05) is 0 Å². The summed E-state index contributed by atoms with van der Waals surface area (Å²) >= 11 is 6.52. The van der Waals surface area contributed by atoms with Gasteiger partial charge in [-0.05, 0) is 12.3 Å². The number of aromatic nitrogens is 3. The number of carbonyl (C=O) groups is 2. The van der Waals surface area contributed by atoms with Crippen LogP contribution in [-0.4, -0.2) is 33.1 Å². The van der Waals surface area contributed by atoms with Crippen molar-refractivity contribution in [2.45, 2.75) is 18.3 Å². The average molecular weight is 422 g/mol. The number of rotatable bonds is 5. The Morgan fingerprint density at radius 2 is 2.00 bits per heavy atom. The largest absolute Gasteiger partial charge is 0.419 e. The molecule has 0 aromatic carbocycles. The van der Waals surface area contributed by atoms with Crippen molar-refractivity contribution in [2.24, 2.45) is 5.73 Å². The van der Waals surface area contributed by atoms with Gasteiger partial charge < -0.3 is 15.8 Å². The van der Waals surface area contributed by atoms with Gasteiger partial charge >= 0.3 is 12.1 Å². The van der Waals surface area contributed by atoms with Crippen LogP contribution in [0.25, 0.3) is 0 Å². The Hall–Kier alpha value is -2.60. The predicted molar refractivity (Wildman–Crippen MR) is 91.2 cm³/mol.